The van der Waals surface area contributed by atoms with E-state index in [1.807, 2.05) is 48.5 Å². The molecule has 0 heterocycles. The van der Waals surface area contributed by atoms with Gasteiger partial charge in [-0.05, 0) is 42.7 Å². The Balaban J connectivity index is 1.50. The highest BCUT2D eigenvalue weighted by Crippen LogP contribution is 2.12. The van der Waals surface area contributed by atoms with Gasteiger partial charge in [-0.2, -0.15) is 0 Å². The third-order valence-electron chi connectivity index (χ3n) is 5.20. The highest BCUT2D eigenvalue weighted by molar-refractivity contribution is 5.98. The predicted octanol–water partition coefficient (Wildman–Crippen LogP) is 4.03. The lowest BCUT2D eigenvalue weighted by Crippen LogP contribution is -2.14. The smallest absolute Gasteiger partial charge is 0.125 e. The van der Waals surface area contributed by atoms with Gasteiger partial charge in [0.25, 0.3) is 0 Å². The summed E-state index contributed by atoms with van der Waals surface area (Å²) in [6, 6.07) is 15.2. The van der Waals surface area contributed by atoms with Crippen molar-refractivity contribution >= 4 is 11.7 Å². The van der Waals surface area contributed by atoms with Crippen molar-refractivity contribution in [2.45, 2.75) is 51.6 Å². The number of methoxy groups -OCH3 is 1. The van der Waals surface area contributed by atoms with Crippen molar-refractivity contribution in [1.82, 2.24) is 0 Å². The van der Waals surface area contributed by atoms with Crippen molar-refractivity contribution in [3.05, 3.63) is 65.2 Å². The summed E-state index contributed by atoms with van der Waals surface area (Å²) >= 11 is 0. The van der Waals surface area contributed by atoms with E-state index < -0.39 is 0 Å². The molecule has 0 aliphatic rings. The van der Waals surface area contributed by atoms with E-state index in [4.69, 9.17) is 21.3 Å². The zero-order valence-corrected chi connectivity index (χ0v) is 18.6. The fourth-order valence-corrected chi connectivity index (χ4v) is 3.23. The zero-order valence-electron chi connectivity index (χ0n) is 18.6. The van der Waals surface area contributed by atoms with Crippen LogP contribution in [0.25, 0.3) is 0 Å². The number of hydrogen-bond donors (Lipinski definition) is 3. The van der Waals surface area contributed by atoms with Crippen LogP contribution in [0, 0.1) is 0 Å². The van der Waals surface area contributed by atoms with E-state index in [0.29, 0.717) is 11.7 Å². The molecule has 31 heavy (non-hydrogen) atoms. The van der Waals surface area contributed by atoms with Crippen molar-refractivity contribution in [3.8, 4) is 5.75 Å². The number of nitrogens with zero attached hydrogens (tertiary/aromatic N) is 2. The number of benzene rings is 2. The SMILES string of the molecule is COc1ccc(C(N)=NCCCCCCCCCN=C(N)c2ccc(CO)cc2)cc1. The van der Waals surface area contributed by atoms with Crippen LogP contribution in [0.1, 0.15) is 61.6 Å². The molecular formula is C25H36N4O2. The summed E-state index contributed by atoms with van der Waals surface area (Å²) in [4.78, 5) is 8.93. The van der Waals surface area contributed by atoms with Crippen LogP contribution in [0.5, 0.6) is 5.75 Å². The maximum Gasteiger partial charge on any atom is 0.125 e. The molecular weight excluding hydrogens is 388 g/mol. The number of amidine groups is 2. The van der Waals surface area contributed by atoms with Crippen molar-refractivity contribution in [2.24, 2.45) is 21.5 Å². The number of aliphatic imine (C=N–C) groups is 2. The Labute approximate surface area is 186 Å². The maximum atomic E-state index is 9.08. The van der Waals surface area contributed by atoms with Gasteiger partial charge in [0.1, 0.15) is 17.4 Å². The van der Waals surface area contributed by atoms with Crippen LogP contribution in [0.2, 0.25) is 0 Å². The topological polar surface area (TPSA) is 106 Å². The number of aliphatic hydroxyl groups excluding tert-OH is 1. The fraction of sp³-hybridized carbons (Fsp3) is 0.440. The molecule has 6 nitrogen and oxygen atoms in total. The molecule has 0 aliphatic carbocycles. The first-order valence-corrected chi connectivity index (χ1v) is 11.1. The molecule has 6 heteroatoms. The normalized spacial score (nSPS) is 12.2. The minimum absolute atomic E-state index is 0.0439. The minimum atomic E-state index is 0.0439. The third kappa shape index (κ3) is 9.22. The van der Waals surface area contributed by atoms with E-state index in [2.05, 4.69) is 9.98 Å². The van der Waals surface area contributed by atoms with Gasteiger partial charge in [0, 0.05) is 24.2 Å². The van der Waals surface area contributed by atoms with E-state index in [0.717, 1.165) is 48.4 Å². The van der Waals surface area contributed by atoms with Crippen LogP contribution in [0.4, 0.5) is 0 Å². The molecule has 0 saturated heterocycles. The Kier molecular flexibility index (Phi) is 11.2. The molecule has 0 fully saturated rings. The maximum absolute atomic E-state index is 9.08. The Morgan fingerprint density at radius 2 is 1.13 bits per heavy atom. The van der Waals surface area contributed by atoms with Gasteiger partial charge in [-0.25, -0.2) is 0 Å². The van der Waals surface area contributed by atoms with E-state index in [1.54, 1.807) is 7.11 Å². The quantitative estimate of drug-likeness (QED) is 0.242. The molecule has 0 amide bonds. The number of unbranched alkanes of at least 4 members (excludes halogenated alkanes) is 6. The van der Waals surface area contributed by atoms with Crippen molar-refractivity contribution < 1.29 is 9.84 Å². The summed E-state index contributed by atoms with van der Waals surface area (Å²) in [6.07, 6.45) is 8.14. The first-order chi connectivity index (χ1) is 15.1. The van der Waals surface area contributed by atoms with Gasteiger partial charge in [0.15, 0.2) is 0 Å². The minimum Gasteiger partial charge on any atom is -0.497 e. The second-order valence-corrected chi connectivity index (χ2v) is 7.59. The monoisotopic (exact) mass is 424 g/mol. The molecule has 0 saturated carbocycles. The summed E-state index contributed by atoms with van der Waals surface area (Å²) < 4.78 is 5.15. The number of hydrogen-bond acceptors (Lipinski definition) is 4. The highest BCUT2D eigenvalue weighted by atomic mass is 16.5. The fourth-order valence-electron chi connectivity index (χ4n) is 3.23. The van der Waals surface area contributed by atoms with E-state index in [9.17, 15) is 0 Å². The molecule has 0 unspecified atom stereocenters. The second kappa shape index (κ2) is 14.2. The van der Waals surface area contributed by atoms with E-state index in [1.165, 1.54) is 32.1 Å². The summed E-state index contributed by atoms with van der Waals surface area (Å²) in [7, 11) is 1.65. The van der Waals surface area contributed by atoms with E-state index >= 15 is 0 Å². The standard InChI is InChI=1S/C25H36N4O2/c1-31-23-15-13-22(14-16-23)25(27)29-18-8-6-4-2-3-5-7-17-28-24(26)21-11-9-20(19-30)10-12-21/h9-16,30H,2-8,17-19H2,1H3,(H2,26,28)(H2,27,29). The molecule has 0 spiro atoms. The number of rotatable bonds is 14. The molecule has 2 aromatic carbocycles. The van der Waals surface area contributed by atoms with Crippen LogP contribution >= 0.6 is 0 Å². The lowest BCUT2D eigenvalue weighted by Gasteiger charge is -2.04. The lowest BCUT2D eigenvalue weighted by atomic mass is 10.1. The second-order valence-electron chi connectivity index (χ2n) is 7.59. The summed E-state index contributed by atoms with van der Waals surface area (Å²) in [6.45, 7) is 1.57. The van der Waals surface area contributed by atoms with Gasteiger partial charge >= 0.3 is 0 Å². The van der Waals surface area contributed by atoms with Crippen LogP contribution in [0.3, 0.4) is 0 Å². The molecule has 0 radical (unpaired) electrons. The first kappa shape index (κ1) is 24.4. The largest absolute Gasteiger partial charge is 0.497 e. The molecule has 168 valence electrons. The average molecular weight is 425 g/mol. The van der Waals surface area contributed by atoms with Gasteiger partial charge in [-0.1, -0.05) is 56.4 Å². The average Bonchev–Trinajstić information content (AvgIpc) is 2.82. The summed E-state index contributed by atoms with van der Waals surface area (Å²) in [5.74, 6) is 1.98. The molecule has 0 aromatic heterocycles. The number of ether oxygens (including phenoxy) is 1. The van der Waals surface area contributed by atoms with Crippen molar-refractivity contribution in [1.29, 1.82) is 0 Å². The number of nitrogens with two attached hydrogens (primary N) is 2. The van der Waals surface area contributed by atoms with Crippen molar-refractivity contribution in [3.63, 3.8) is 0 Å². The van der Waals surface area contributed by atoms with Crippen LogP contribution < -0.4 is 16.2 Å². The van der Waals surface area contributed by atoms with Crippen LogP contribution in [-0.4, -0.2) is 37.0 Å². The van der Waals surface area contributed by atoms with Gasteiger partial charge < -0.3 is 21.3 Å². The molecule has 2 rings (SSSR count). The zero-order chi connectivity index (χ0) is 22.3. The molecule has 0 aliphatic heterocycles. The summed E-state index contributed by atoms with van der Waals surface area (Å²) in [5.41, 5.74) is 14.8. The molecule has 0 atom stereocenters. The predicted molar refractivity (Wildman–Crippen MR) is 129 cm³/mol. The first-order valence-electron chi connectivity index (χ1n) is 11.1. The Morgan fingerprint density at radius 3 is 1.55 bits per heavy atom. The highest BCUT2D eigenvalue weighted by Gasteiger charge is 2.00. The molecule has 0 bridgehead atoms. The number of aliphatic hydroxyl groups is 1. The van der Waals surface area contributed by atoms with Crippen LogP contribution in [0.15, 0.2) is 58.5 Å². The van der Waals surface area contributed by atoms with Gasteiger partial charge in [-0.3, -0.25) is 9.98 Å². The lowest BCUT2D eigenvalue weighted by molar-refractivity contribution is 0.282. The third-order valence-corrected chi connectivity index (χ3v) is 5.20. The van der Waals surface area contributed by atoms with E-state index in [-0.39, 0.29) is 6.61 Å². The molecule has 5 N–H and O–H groups in total. The molecule has 2 aromatic rings. The Bertz CT molecular complexity index is 745. The van der Waals surface area contributed by atoms with Gasteiger partial charge in [0.2, 0.25) is 0 Å². The Hall–Kier alpha value is -2.86. The van der Waals surface area contributed by atoms with Crippen molar-refractivity contribution in [2.75, 3.05) is 20.2 Å². The van der Waals surface area contributed by atoms with Gasteiger partial charge in [-0.15, -0.1) is 0 Å². The Morgan fingerprint density at radius 1 is 0.710 bits per heavy atom. The summed E-state index contributed by atoms with van der Waals surface area (Å²) in [5, 5.41) is 9.08. The van der Waals surface area contributed by atoms with Gasteiger partial charge in [0.05, 0.1) is 13.7 Å². The van der Waals surface area contributed by atoms with Crippen LogP contribution in [-0.2, 0) is 6.61 Å².